The molecule has 0 bridgehead atoms. The van der Waals surface area contributed by atoms with Gasteiger partial charge >= 0.3 is 6.03 Å². The standard InChI is InChI=1S/C24H20FN7O/c1-2-27-23(33)32-22-30-18-11-15(14-5-6-19(29-12-14)24(13-26)7-8-24)10-16(21(18)31-22)20-17(25)4-3-9-28-20/h3-6,9-12H,2,7-8H2,1H3,(H3,27,30,31,32,33). The van der Waals surface area contributed by atoms with Gasteiger partial charge < -0.3 is 10.3 Å². The first-order valence-electron chi connectivity index (χ1n) is 10.6. The van der Waals surface area contributed by atoms with E-state index in [4.69, 9.17) is 0 Å². The number of carbonyl (C=O) groups excluding carboxylic acids is 1. The minimum Gasteiger partial charge on any atom is -0.338 e. The summed E-state index contributed by atoms with van der Waals surface area (Å²) in [6.45, 7) is 2.28. The van der Waals surface area contributed by atoms with Crippen LogP contribution in [0.15, 0.2) is 48.8 Å². The number of hydrogen-bond donors (Lipinski definition) is 3. The van der Waals surface area contributed by atoms with Crippen LogP contribution in [-0.2, 0) is 5.41 Å². The number of amides is 2. The van der Waals surface area contributed by atoms with Crippen molar-refractivity contribution in [2.75, 3.05) is 11.9 Å². The van der Waals surface area contributed by atoms with Crippen LogP contribution in [0.1, 0.15) is 25.5 Å². The van der Waals surface area contributed by atoms with Crippen molar-refractivity contribution in [3.63, 3.8) is 0 Å². The van der Waals surface area contributed by atoms with E-state index in [-0.39, 0.29) is 11.6 Å². The summed E-state index contributed by atoms with van der Waals surface area (Å²) in [6.07, 6.45) is 4.88. The third kappa shape index (κ3) is 3.76. The molecule has 0 aliphatic heterocycles. The molecule has 164 valence electrons. The number of urea groups is 1. The molecular formula is C24H20FN7O. The highest BCUT2D eigenvalue weighted by Crippen LogP contribution is 2.46. The zero-order chi connectivity index (χ0) is 23.0. The van der Waals surface area contributed by atoms with Gasteiger partial charge in [-0.3, -0.25) is 15.3 Å². The van der Waals surface area contributed by atoms with Gasteiger partial charge in [-0.15, -0.1) is 0 Å². The summed E-state index contributed by atoms with van der Waals surface area (Å²) in [6, 6.07) is 12.3. The van der Waals surface area contributed by atoms with Gasteiger partial charge in [-0.05, 0) is 55.7 Å². The monoisotopic (exact) mass is 441 g/mol. The molecule has 5 rings (SSSR count). The molecule has 8 nitrogen and oxygen atoms in total. The van der Waals surface area contributed by atoms with Crippen LogP contribution >= 0.6 is 0 Å². The number of aromatic nitrogens is 4. The fraction of sp³-hybridized carbons (Fsp3) is 0.208. The summed E-state index contributed by atoms with van der Waals surface area (Å²) in [5.74, 6) is -0.237. The van der Waals surface area contributed by atoms with E-state index in [1.54, 1.807) is 12.3 Å². The molecule has 1 aliphatic carbocycles. The lowest BCUT2D eigenvalue weighted by molar-refractivity contribution is 0.252. The van der Waals surface area contributed by atoms with E-state index >= 15 is 0 Å². The Morgan fingerprint density at radius 2 is 2.09 bits per heavy atom. The molecule has 4 aromatic rings. The van der Waals surface area contributed by atoms with Crippen molar-refractivity contribution in [3.8, 4) is 28.5 Å². The fourth-order valence-electron chi connectivity index (χ4n) is 3.82. The Kier molecular flexibility index (Phi) is 4.98. The molecule has 2 amide bonds. The molecule has 1 saturated carbocycles. The molecule has 0 atom stereocenters. The number of benzene rings is 1. The number of imidazole rings is 1. The van der Waals surface area contributed by atoms with Crippen molar-refractivity contribution in [2.45, 2.75) is 25.2 Å². The van der Waals surface area contributed by atoms with Crippen molar-refractivity contribution in [3.05, 3.63) is 60.3 Å². The van der Waals surface area contributed by atoms with E-state index in [0.29, 0.717) is 23.1 Å². The van der Waals surface area contributed by atoms with E-state index in [9.17, 15) is 14.4 Å². The SMILES string of the molecule is CCNC(=O)Nc1nc2c(-c3ncccc3F)cc(-c3ccc(C4(C#N)CC4)nc3)cc2[nH]1. The third-order valence-corrected chi connectivity index (χ3v) is 5.72. The van der Waals surface area contributed by atoms with Crippen LogP contribution in [0.2, 0.25) is 0 Å². The molecule has 3 N–H and O–H groups in total. The van der Waals surface area contributed by atoms with Crippen LogP contribution in [0.3, 0.4) is 0 Å². The van der Waals surface area contributed by atoms with Crippen LogP contribution in [0, 0.1) is 17.1 Å². The van der Waals surface area contributed by atoms with Crippen LogP contribution in [-0.4, -0.2) is 32.5 Å². The van der Waals surface area contributed by atoms with Crippen molar-refractivity contribution in [1.82, 2.24) is 25.3 Å². The molecule has 1 fully saturated rings. The zero-order valence-electron chi connectivity index (χ0n) is 17.8. The van der Waals surface area contributed by atoms with Gasteiger partial charge in [0.15, 0.2) is 0 Å². The number of carbonyl (C=O) groups is 1. The van der Waals surface area contributed by atoms with Gasteiger partial charge in [0.1, 0.15) is 17.0 Å². The second-order valence-electron chi connectivity index (χ2n) is 7.95. The molecule has 33 heavy (non-hydrogen) atoms. The number of pyridine rings is 2. The molecular weight excluding hydrogens is 421 g/mol. The second-order valence-corrected chi connectivity index (χ2v) is 7.95. The maximum atomic E-state index is 14.7. The summed E-state index contributed by atoms with van der Waals surface area (Å²) in [4.78, 5) is 28.2. The smallest absolute Gasteiger partial charge is 0.321 e. The number of anilines is 1. The molecule has 0 spiro atoms. The average molecular weight is 441 g/mol. The highest BCUT2D eigenvalue weighted by molar-refractivity contribution is 5.98. The minimum absolute atomic E-state index is 0.159. The quantitative estimate of drug-likeness (QED) is 0.421. The lowest BCUT2D eigenvalue weighted by Gasteiger charge is -2.09. The van der Waals surface area contributed by atoms with E-state index in [2.05, 4.69) is 36.6 Å². The number of rotatable bonds is 5. The maximum absolute atomic E-state index is 14.7. The Morgan fingerprint density at radius 1 is 1.24 bits per heavy atom. The topological polar surface area (TPSA) is 119 Å². The number of nitrogens with zero attached hydrogens (tertiary/aromatic N) is 4. The van der Waals surface area contributed by atoms with Gasteiger partial charge in [-0.2, -0.15) is 5.26 Å². The van der Waals surface area contributed by atoms with Crippen LogP contribution in [0.5, 0.6) is 0 Å². The highest BCUT2D eigenvalue weighted by atomic mass is 19.1. The summed E-state index contributed by atoms with van der Waals surface area (Å²) < 4.78 is 14.7. The Morgan fingerprint density at radius 3 is 2.76 bits per heavy atom. The molecule has 0 saturated heterocycles. The Labute approximate surface area is 188 Å². The first kappa shape index (κ1) is 20.6. The summed E-state index contributed by atoms with van der Waals surface area (Å²) in [7, 11) is 0. The van der Waals surface area contributed by atoms with Gasteiger partial charge in [-0.25, -0.2) is 14.2 Å². The number of aromatic amines is 1. The zero-order valence-corrected chi connectivity index (χ0v) is 17.8. The Hall–Kier alpha value is -4.32. The molecule has 1 aliphatic rings. The van der Waals surface area contributed by atoms with Crippen molar-refractivity contribution < 1.29 is 9.18 Å². The van der Waals surface area contributed by atoms with E-state index in [1.165, 1.54) is 18.3 Å². The van der Waals surface area contributed by atoms with Gasteiger partial charge in [0, 0.05) is 30.1 Å². The first-order chi connectivity index (χ1) is 16.0. The Balaban J connectivity index is 1.62. The van der Waals surface area contributed by atoms with Crippen LogP contribution in [0.25, 0.3) is 33.4 Å². The predicted molar refractivity (Wildman–Crippen MR) is 122 cm³/mol. The van der Waals surface area contributed by atoms with Gasteiger partial charge in [0.2, 0.25) is 5.95 Å². The number of hydrogen-bond acceptors (Lipinski definition) is 5. The fourth-order valence-corrected chi connectivity index (χ4v) is 3.82. The van der Waals surface area contributed by atoms with Crippen molar-refractivity contribution >= 4 is 23.0 Å². The van der Waals surface area contributed by atoms with Crippen LogP contribution < -0.4 is 10.6 Å². The number of fused-ring (bicyclic) bond motifs is 1. The summed E-state index contributed by atoms with van der Waals surface area (Å²) >= 11 is 0. The van der Waals surface area contributed by atoms with Crippen molar-refractivity contribution in [1.29, 1.82) is 5.26 Å². The average Bonchev–Trinajstić information content (AvgIpc) is 3.52. The van der Waals surface area contributed by atoms with Gasteiger partial charge in [-0.1, -0.05) is 6.07 Å². The predicted octanol–water partition coefficient (Wildman–Crippen LogP) is 4.52. The van der Waals surface area contributed by atoms with E-state index in [0.717, 1.165) is 29.7 Å². The highest BCUT2D eigenvalue weighted by Gasteiger charge is 2.46. The lowest BCUT2D eigenvalue weighted by Crippen LogP contribution is -2.28. The number of nitriles is 1. The molecule has 0 radical (unpaired) electrons. The van der Waals surface area contributed by atoms with Crippen molar-refractivity contribution in [2.24, 2.45) is 0 Å². The van der Waals surface area contributed by atoms with Crippen LogP contribution in [0.4, 0.5) is 15.1 Å². The second kappa shape index (κ2) is 7.98. The maximum Gasteiger partial charge on any atom is 0.321 e. The van der Waals surface area contributed by atoms with Gasteiger partial charge in [0.05, 0.1) is 22.7 Å². The van der Waals surface area contributed by atoms with Gasteiger partial charge in [0.25, 0.3) is 0 Å². The largest absolute Gasteiger partial charge is 0.338 e. The summed E-state index contributed by atoms with van der Waals surface area (Å²) in [5.41, 5.74) is 3.62. The molecule has 0 unspecified atom stereocenters. The number of H-pyrrole nitrogens is 1. The minimum atomic E-state index is -0.477. The molecule has 9 heteroatoms. The summed E-state index contributed by atoms with van der Waals surface area (Å²) in [5, 5.41) is 14.7. The number of nitrogens with one attached hydrogen (secondary N) is 3. The lowest BCUT2D eigenvalue weighted by atomic mass is 9.98. The third-order valence-electron chi connectivity index (χ3n) is 5.72. The molecule has 1 aromatic carbocycles. The van der Waals surface area contributed by atoms with E-state index in [1.807, 2.05) is 25.1 Å². The first-order valence-corrected chi connectivity index (χ1v) is 10.6. The Bertz CT molecular complexity index is 1400. The molecule has 3 heterocycles. The number of halogens is 1. The molecule has 3 aromatic heterocycles. The normalized spacial score (nSPS) is 14.0. The van der Waals surface area contributed by atoms with E-state index < -0.39 is 17.3 Å².